The van der Waals surface area contributed by atoms with Gasteiger partial charge in [0.15, 0.2) is 15.4 Å². The van der Waals surface area contributed by atoms with Crippen molar-refractivity contribution in [2.75, 3.05) is 11.1 Å². The van der Waals surface area contributed by atoms with E-state index >= 15 is 0 Å². The van der Waals surface area contributed by atoms with Gasteiger partial charge in [-0.25, -0.2) is 17.2 Å². The number of hydrogen-bond acceptors (Lipinski definition) is 5. The van der Waals surface area contributed by atoms with Gasteiger partial charge in [0.2, 0.25) is 5.91 Å². The van der Waals surface area contributed by atoms with Crippen molar-refractivity contribution in [1.29, 1.82) is 0 Å². The van der Waals surface area contributed by atoms with Crippen LogP contribution in [0.1, 0.15) is 5.56 Å². The van der Waals surface area contributed by atoms with Crippen LogP contribution in [-0.2, 0) is 21.2 Å². The summed E-state index contributed by atoms with van der Waals surface area (Å²) in [5, 5.41) is 2.04. The van der Waals surface area contributed by atoms with E-state index in [1.54, 1.807) is 36.4 Å². The molecule has 11 heteroatoms. The van der Waals surface area contributed by atoms with Crippen LogP contribution in [0, 0.1) is 11.6 Å². The molecule has 5 rings (SSSR count). The Morgan fingerprint density at radius 1 is 1.09 bits per heavy atom. The Morgan fingerprint density at radius 3 is 2.66 bits per heavy atom. The maximum absolute atomic E-state index is 14.8. The molecule has 0 bridgehead atoms. The zero-order valence-corrected chi connectivity index (χ0v) is 20.2. The number of carbonyl (C=O) groups excluding carboxylic acids is 1. The first-order valence-electron chi connectivity index (χ1n) is 10.3. The first-order valence-corrected chi connectivity index (χ1v) is 12.7. The van der Waals surface area contributed by atoms with Crippen molar-refractivity contribution in [2.45, 2.75) is 11.4 Å². The largest absolute Gasteiger partial charge is 0.423 e. The summed E-state index contributed by atoms with van der Waals surface area (Å²) in [6, 6.07) is 15.5. The highest BCUT2D eigenvalue weighted by molar-refractivity contribution is 9.10. The van der Waals surface area contributed by atoms with E-state index in [9.17, 15) is 22.0 Å². The van der Waals surface area contributed by atoms with E-state index in [2.05, 4.69) is 26.2 Å². The molecular formula is C24H16BrF2N3O4S. The predicted octanol–water partition coefficient (Wildman–Crippen LogP) is 5.28. The molecule has 0 aliphatic rings. The van der Waals surface area contributed by atoms with Crippen LogP contribution in [0.25, 0.3) is 22.0 Å². The molecule has 0 radical (unpaired) electrons. The molecule has 1 amide bonds. The third kappa shape index (κ3) is 4.69. The van der Waals surface area contributed by atoms with Gasteiger partial charge >= 0.3 is 6.01 Å². The van der Waals surface area contributed by atoms with Crippen LogP contribution in [0.5, 0.6) is 0 Å². The molecule has 178 valence electrons. The highest BCUT2D eigenvalue weighted by atomic mass is 79.9. The van der Waals surface area contributed by atoms with E-state index in [0.29, 0.717) is 17.2 Å². The second kappa shape index (κ2) is 8.90. The minimum atomic E-state index is -4.33. The molecule has 3 aromatic carbocycles. The van der Waals surface area contributed by atoms with Crippen LogP contribution >= 0.6 is 15.9 Å². The van der Waals surface area contributed by atoms with Crippen LogP contribution < -0.4 is 5.32 Å². The number of anilines is 1. The van der Waals surface area contributed by atoms with Gasteiger partial charge in [-0.2, -0.15) is 4.98 Å². The number of nitrogens with one attached hydrogen (secondary N) is 1. The Hall–Kier alpha value is -3.57. The van der Waals surface area contributed by atoms with Gasteiger partial charge < -0.3 is 8.98 Å². The lowest BCUT2D eigenvalue weighted by Gasteiger charge is -2.06. The maximum atomic E-state index is 14.8. The summed E-state index contributed by atoms with van der Waals surface area (Å²) in [7, 11) is -4.33. The van der Waals surface area contributed by atoms with Crippen LogP contribution in [0.15, 0.2) is 80.6 Å². The van der Waals surface area contributed by atoms with Gasteiger partial charge in [0.1, 0.15) is 22.9 Å². The molecule has 0 spiro atoms. The standard InChI is InChI=1S/C24H16BrF2N3O4S/c25-15-5-3-4-14(8-15)11-30-12-21(23-17(27)9-16(26)10-19(23)30)35(32,33)13-22(31)29-24-28-18-6-1-2-7-20(18)34-24/h1-10,12H,11,13H2,(H,28,29,31). The average molecular weight is 560 g/mol. The second-order valence-corrected chi connectivity index (χ2v) is 10.7. The number of rotatable bonds is 6. The van der Waals surface area contributed by atoms with E-state index in [-0.39, 0.29) is 23.5 Å². The first kappa shape index (κ1) is 23.2. The summed E-state index contributed by atoms with van der Waals surface area (Å²) >= 11 is 3.37. The molecule has 0 saturated carbocycles. The van der Waals surface area contributed by atoms with Crippen molar-refractivity contribution in [3.8, 4) is 0 Å². The van der Waals surface area contributed by atoms with Crippen LogP contribution in [0.3, 0.4) is 0 Å². The molecule has 35 heavy (non-hydrogen) atoms. The van der Waals surface area contributed by atoms with Gasteiger partial charge in [-0.05, 0) is 35.9 Å². The molecule has 1 N–H and O–H groups in total. The topological polar surface area (TPSA) is 94.2 Å². The smallest absolute Gasteiger partial charge is 0.302 e. The van der Waals surface area contributed by atoms with Crippen LogP contribution in [0.4, 0.5) is 14.8 Å². The summed E-state index contributed by atoms with van der Waals surface area (Å²) in [6.45, 7) is 0.156. The molecule has 0 atom stereocenters. The van der Waals surface area contributed by atoms with Crippen molar-refractivity contribution in [1.82, 2.24) is 9.55 Å². The van der Waals surface area contributed by atoms with Crippen molar-refractivity contribution >= 4 is 59.7 Å². The lowest BCUT2D eigenvalue weighted by Crippen LogP contribution is -2.23. The zero-order chi connectivity index (χ0) is 24.7. The number of hydrogen-bond donors (Lipinski definition) is 1. The molecule has 0 unspecified atom stereocenters. The minimum Gasteiger partial charge on any atom is -0.423 e. The van der Waals surface area contributed by atoms with E-state index < -0.39 is 38.0 Å². The number of fused-ring (bicyclic) bond motifs is 2. The zero-order valence-electron chi connectivity index (χ0n) is 17.8. The Balaban J connectivity index is 1.49. The first-order chi connectivity index (χ1) is 16.7. The van der Waals surface area contributed by atoms with Gasteiger partial charge in [0.25, 0.3) is 0 Å². The second-order valence-electron chi connectivity index (χ2n) is 7.83. The van der Waals surface area contributed by atoms with E-state index in [0.717, 1.165) is 16.1 Å². The summed E-state index contributed by atoms with van der Waals surface area (Å²) in [5.74, 6) is -3.78. The highest BCUT2D eigenvalue weighted by Crippen LogP contribution is 2.31. The molecule has 0 aliphatic carbocycles. The number of para-hydroxylation sites is 2. The Morgan fingerprint density at radius 2 is 1.89 bits per heavy atom. The van der Waals surface area contributed by atoms with E-state index in [1.807, 2.05) is 12.1 Å². The van der Waals surface area contributed by atoms with Gasteiger partial charge in [0.05, 0.1) is 15.8 Å². The van der Waals surface area contributed by atoms with Crippen molar-refractivity contribution in [3.63, 3.8) is 0 Å². The highest BCUT2D eigenvalue weighted by Gasteiger charge is 2.27. The summed E-state index contributed by atoms with van der Waals surface area (Å²) in [5.41, 5.74) is 1.75. The number of aromatic nitrogens is 2. The lowest BCUT2D eigenvalue weighted by atomic mass is 10.2. The van der Waals surface area contributed by atoms with Gasteiger partial charge in [0, 0.05) is 23.3 Å². The SMILES string of the molecule is O=C(CS(=O)(=O)c1cn(Cc2cccc(Br)c2)c2cc(F)cc(F)c12)Nc1nc2ccccc2o1. The van der Waals surface area contributed by atoms with Crippen LogP contribution in [-0.4, -0.2) is 29.6 Å². The van der Waals surface area contributed by atoms with E-state index in [4.69, 9.17) is 4.42 Å². The van der Waals surface area contributed by atoms with E-state index in [1.165, 1.54) is 10.8 Å². The number of sulfone groups is 1. The number of amides is 1. The Labute approximate surface area is 206 Å². The molecule has 0 fully saturated rings. The van der Waals surface area contributed by atoms with Gasteiger partial charge in [-0.1, -0.05) is 40.2 Å². The summed E-state index contributed by atoms with van der Waals surface area (Å²) < 4.78 is 62.8. The lowest BCUT2D eigenvalue weighted by molar-refractivity contribution is -0.114. The molecular weight excluding hydrogens is 544 g/mol. The third-order valence-corrected chi connectivity index (χ3v) is 7.42. The fourth-order valence-corrected chi connectivity index (χ4v) is 5.66. The molecule has 2 heterocycles. The molecule has 5 aromatic rings. The number of carbonyl (C=O) groups is 1. The van der Waals surface area contributed by atoms with Gasteiger partial charge in [-0.3, -0.25) is 10.1 Å². The Bertz CT molecular complexity index is 1680. The summed E-state index contributed by atoms with van der Waals surface area (Å²) in [4.78, 5) is 16.2. The molecule has 2 aromatic heterocycles. The number of nitrogens with zero attached hydrogens (tertiary/aromatic N) is 2. The van der Waals surface area contributed by atoms with Crippen molar-refractivity contribution in [2.24, 2.45) is 0 Å². The van der Waals surface area contributed by atoms with Crippen LogP contribution in [0.2, 0.25) is 0 Å². The Kier molecular flexibility index (Phi) is 5.89. The number of benzene rings is 3. The summed E-state index contributed by atoms with van der Waals surface area (Å²) in [6.07, 6.45) is 1.22. The van der Waals surface area contributed by atoms with Gasteiger partial charge in [-0.15, -0.1) is 0 Å². The molecule has 0 saturated heterocycles. The average Bonchev–Trinajstić information content (AvgIpc) is 3.35. The third-order valence-electron chi connectivity index (χ3n) is 5.30. The number of oxazole rings is 1. The normalized spacial score (nSPS) is 11.9. The van der Waals surface area contributed by atoms with Crippen molar-refractivity contribution in [3.05, 3.63) is 88.5 Å². The fraction of sp³-hybridized carbons (Fsp3) is 0.0833. The number of halogens is 3. The maximum Gasteiger partial charge on any atom is 0.302 e. The van der Waals surface area contributed by atoms with Crippen molar-refractivity contribution < 1.29 is 26.4 Å². The minimum absolute atomic E-state index is 0.0559. The monoisotopic (exact) mass is 559 g/mol. The fourth-order valence-electron chi connectivity index (χ4n) is 3.84. The molecule has 7 nitrogen and oxygen atoms in total. The quantitative estimate of drug-likeness (QED) is 0.305. The molecule has 0 aliphatic heterocycles. The predicted molar refractivity (Wildman–Crippen MR) is 130 cm³/mol.